The highest BCUT2D eigenvalue weighted by atomic mass is 16.6. The second-order valence-corrected chi connectivity index (χ2v) is 6.94. The smallest absolute Gasteiger partial charge is 0.333 e. The van der Waals surface area contributed by atoms with E-state index in [4.69, 9.17) is 14.6 Å². The van der Waals surface area contributed by atoms with Crippen molar-refractivity contribution in [2.75, 3.05) is 13.2 Å². The van der Waals surface area contributed by atoms with Crippen molar-refractivity contribution in [1.82, 2.24) is 4.90 Å². The number of amides is 2. The lowest BCUT2D eigenvalue weighted by Gasteiger charge is -2.28. The molecule has 0 radical (unpaired) electrons. The average Bonchev–Trinajstić information content (AvgIpc) is 3.21. The average molecular weight is 363 g/mol. The molecule has 26 heavy (non-hydrogen) atoms. The van der Waals surface area contributed by atoms with Crippen molar-refractivity contribution < 1.29 is 33.8 Å². The number of fused-ring (bicyclic) bond motifs is 5. The van der Waals surface area contributed by atoms with Crippen LogP contribution in [0, 0.1) is 11.8 Å². The number of carboxylic acids is 1. The number of nitrogens with zero attached hydrogens (tertiary/aromatic N) is 1. The molecule has 0 aliphatic carbocycles. The van der Waals surface area contributed by atoms with Gasteiger partial charge in [-0.3, -0.25) is 19.3 Å². The molecule has 3 aliphatic heterocycles. The van der Waals surface area contributed by atoms with Crippen molar-refractivity contribution in [2.24, 2.45) is 11.8 Å². The molecule has 4 unspecified atom stereocenters. The Morgan fingerprint density at radius 1 is 1.35 bits per heavy atom. The molecule has 2 saturated heterocycles. The molecule has 8 heteroatoms. The molecule has 3 heterocycles. The minimum Gasteiger partial charge on any atom is -0.481 e. The van der Waals surface area contributed by atoms with Crippen molar-refractivity contribution >= 4 is 23.8 Å². The standard InChI is InChI=1S/C18H21NO7/c1-10(2)17(24)25-9-18-7-6-11(26-18)13-14(18)16(23)19(15(13)22)8-4-3-5-12(20)21/h6-7,11,13-14H,1,3-5,8-9H2,2H3,(H,20,21). The Bertz CT molecular complexity index is 712. The van der Waals surface area contributed by atoms with Crippen LogP contribution in [0.2, 0.25) is 0 Å². The molecule has 8 nitrogen and oxygen atoms in total. The Morgan fingerprint density at radius 2 is 2.08 bits per heavy atom. The van der Waals surface area contributed by atoms with E-state index < -0.39 is 35.5 Å². The van der Waals surface area contributed by atoms with Crippen molar-refractivity contribution in [1.29, 1.82) is 0 Å². The highest BCUT2D eigenvalue weighted by Crippen LogP contribution is 2.51. The third-order valence-corrected chi connectivity index (χ3v) is 5.05. The molecule has 2 fully saturated rings. The molecule has 140 valence electrons. The van der Waals surface area contributed by atoms with Crippen LogP contribution in [0.25, 0.3) is 0 Å². The molecule has 1 N–H and O–H groups in total. The van der Waals surface area contributed by atoms with Gasteiger partial charge in [-0.05, 0) is 25.8 Å². The highest BCUT2D eigenvalue weighted by Gasteiger charge is 2.67. The molecule has 2 amide bonds. The summed E-state index contributed by atoms with van der Waals surface area (Å²) in [6.07, 6.45) is 3.74. The number of ether oxygens (including phenoxy) is 2. The number of rotatable bonds is 8. The summed E-state index contributed by atoms with van der Waals surface area (Å²) in [5.74, 6) is -3.48. The van der Waals surface area contributed by atoms with Gasteiger partial charge in [-0.2, -0.15) is 0 Å². The van der Waals surface area contributed by atoms with Crippen LogP contribution >= 0.6 is 0 Å². The maximum atomic E-state index is 12.8. The van der Waals surface area contributed by atoms with E-state index in [1.165, 1.54) is 11.8 Å². The maximum absolute atomic E-state index is 12.8. The minimum atomic E-state index is -1.12. The fraction of sp³-hybridized carbons (Fsp3) is 0.556. The molecule has 0 aromatic carbocycles. The van der Waals surface area contributed by atoms with Gasteiger partial charge in [0.25, 0.3) is 0 Å². The van der Waals surface area contributed by atoms with E-state index in [2.05, 4.69) is 6.58 Å². The largest absolute Gasteiger partial charge is 0.481 e. The zero-order chi connectivity index (χ0) is 19.1. The second-order valence-electron chi connectivity index (χ2n) is 6.94. The lowest BCUT2D eigenvalue weighted by molar-refractivity contribution is -0.153. The summed E-state index contributed by atoms with van der Waals surface area (Å²) in [6.45, 7) is 5.07. The number of imide groups is 1. The number of hydrogen-bond donors (Lipinski definition) is 1. The lowest BCUT2D eigenvalue weighted by atomic mass is 9.77. The summed E-state index contributed by atoms with van der Waals surface area (Å²) in [5.41, 5.74) is -0.883. The van der Waals surface area contributed by atoms with Gasteiger partial charge in [0.2, 0.25) is 11.8 Å². The van der Waals surface area contributed by atoms with Crippen molar-refractivity contribution in [3.8, 4) is 0 Å². The van der Waals surface area contributed by atoms with E-state index in [9.17, 15) is 19.2 Å². The van der Waals surface area contributed by atoms with E-state index >= 15 is 0 Å². The predicted molar refractivity (Wildman–Crippen MR) is 87.7 cm³/mol. The topological polar surface area (TPSA) is 110 Å². The summed E-state index contributed by atoms with van der Waals surface area (Å²) in [4.78, 5) is 48.9. The Balaban J connectivity index is 1.69. The zero-order valence-electron chi connectivity index (χ0n) is 14.5. The zero-order valence-corrected chi connectivity index (χ0v) is 14.5. The summed E-state index contributed by atoms with van der Waals surface area (Å²) >= 11 is 0. The van der Waals surface area contributed by atoms with Gasteiger partial charge in [-0.25, -0.2) is 4.79 Å². The van der Waals surface area contributed by atoms with Crippen LogP contribution in [0.4, 0.5) is 0 Å². The van der Waals surface area contributed by atoms with Crippen LogP contribution in [-0.4, -0.2) is 58.6 Å². The van der Waals surface area contributed by atoms with Gasteiger partial charge < -0.3 is 14.6 Å². The molecule has 0 saturated carbocycles. The molecular weight excluding hydrogens is 342 g/mol. The summed E-state index contributed by atoms with van der Waals surface area (Å²) in [5, 5.41) is 8.68. The quantitative estimate of drug-likeness (QED) is 0.222. The van der Waals surface area contributed by atoms with Crippen LogP contribution in [0.15, 0.2) is 24.3 Å². The Hall–Kier alpha value is -2.48. The Labute approximate surface area is 150 Å². The van der Waals surface area contributed by atoms with Crippen molar-refractivity contribution in [2.45, 2.75) is 37.9 Å². The second kappa shape index (κ2) is 6.68. The van der Waals surface area contributed by atoms with Crippen molar-refractivity contribution in [3.05, 3.63) is 24.3 Å². The van der Waals surface area contributed by atoms with Gasteiger partial charge in [-0.1, -0.05) is 12.7 Å². The molecule has 4 atom stereocenters. The third kappa shape index (κ3) is 2.94. The van der Waals surface area contributed by atoms with E-state index in [0.29, 0.717) is 12.8 Å². The van der Waals surface area contributed by atoms with Gasteiger partial charge in [-0.15, -0.1) is 0 Å². The van der Waals surface area contributed by atoms with Crippen LogP contribution in [0.3, 0.4) is 0 Å². The number of likely N-dealkylation sites (tertiary alicyclic amines) is 1. The van der Waals surface area contributed by atoms with E-state index in [0.717, 1.165) is 0 Å². The van der Waals surface area contributed by atoms with E-state index in [1.807, 2.05) is 0 Å². The lowest BCUT2D eigenvalue weighted by Crippen LogP contribution is -2.44. The van der Waals surface area contributed by atoms with Crippen LogP contribution in [0.5, 0.6) is 0 Å². The number of carbonyl (C=O) groups excluding carboxylic acids is 3. The summed E-state index contributed by atoms with van der Waals surface area (Å²) in [6, 6.07) is 0. The number of carboxylic acid groups (broad SMARTS) is 1. The molecule has 3 aliphatic rings. The Kier molecular flexibility index (Phi) is 4.70. The number of esters is 1. The molecule has 3 rings (SSSR count). The molecule has 2 bridgehead atoms. The summed E-state index contributed by atoms with van der Waals surface area (Å²) < 4.78 is 11.0. The van der Waals surface area contributed by atoms with Gasteiger partial charge in [0, 0.05) is 18.5 Å². The first-order valence-electron chi connectivity index (χ1n) is 8.53. The first-order chi connectivity index (χ1) is 12.3. The predicted octanol–water partition coefficient (Wildman–Crippen LogP) is 0.669. The first-order valence-corrected chi connectivity index (χ1v) is 8.53. The fourth-order valence-corrected chi connectivity index (χ4v) is 3.80. The van der Waals surface area contributed by atoms with Gasteiger partial charge in [0.15, 0.2) is 0 Å². The maximum Gasteiger partial charge on any atom is 0.333 e. The van der Waals surface area contributed by atoms with Gasteiger partial charge >= 0.3 is 11.9 Å². The third-order valence-electron chi connectivity index (χ3n) is 5.05. The molecule has 0 spiro atoms. The number of hydrogen-bond acceptors (Lipinski definition) is 6. The number of carbonyl (C=O) groups is 4. The molecule has 0 aromatic rings. The monoisotopic (exact) mass is 363 g/mol. The van der Waals surface area contributed by atoms with Gasteiger partial charge in [0.1, 0.15) is 12.2 Å². The number of unbranched alkanes of at least 4 members (excludes halogenated alkanes) is 1. The first kappa shape index (κ1) is 18.3. The van der Waals surface area contributed by atoms with Crippen LogP contribution in [0.1, 0.15) is 26.2 Å². The molecule has 0 aromatic heterocycles. The van der Waals surface area contributed by atoms with E-state index in [1.54, 1.807) is 12.2 Å². The minimum absolute atomic E-state index is 0.00281. The summed E-state index contributed by atoms with van der Waals surface area (Å²) in [7, 11) is 0. The normalized spacial score (nSPS) is 31.4. The SMILES string of the molecule is C=C(C)C(=O)OCC12C=CC(O1)C1C(=O)N(CCCCC(=O)O)C(=O)C12. The Morgan fingerprint density at radius 3 is 2.73 bits per heavy atom. The van der Waals surface area contributed by atoms with E-state index in [-0.39, 0.29) is 37.0 Å². The van der Waals surface area contributed by atoms with Crippen LogP contribution < -0.4 is 0 Å². The number of aliphatic carboxylic acids is 1. The highest BCUT2D eigenvalue weighted by molar-refractivity contribution is 6.07. The fourth-order valence-electron chi connectivity index (χ4n) is 3.80. The molecular formula is C18H21NO7. The van der Waals surface area contributed by atoms with Crippen molar-refractivity contribution in [3.63, 3.8) is 0 Å². The van der Waals surface area contributed by atoms with Gasteiger partial charge in [0.05, 0.1) is 17.9 Å². The van der Waals surface area contributed by atoms with Crippen LogP contribution in [-0.2, 0) is 28.7 Å².